The molecule has 3 rings (SSSR count). The maximum Gasteiger partial charge on any atom is 0.222 e. The van der Waals surface area contributed by atoms with Crippen LogP contribution in [0.1, 0.15) is 56.6 Å². The molecule has 0 unspecified atom stereocenters. The van der Waals surface area contributed by atoms with E-state index in [0.29, 0.717) is 23.7 Å². The number of hydrogen-bond acceptors (Lipinski definition) is 2. The Kier molecular flexibility index (Phi) is 6.70. The van der Waals surface area contributed by atoms with E-state index >= 15 is 0 Å². The van der Waals surface area contributed by atoms with Crippen LogP contribution >= 0.6 is 12.4 Å². The van der Waals surface area contributed by atoms with Gasteiger partial charge in [0.25, 0.3) is 0 Å². The molecule has 0 saturated carbocycles. The molecule has 0 aliphatic carbocycles. The summed E-state index contributed by atoms with van der Waals surface area (Å²) in [5.74, 6) is 0.898. The van der Waals surface area contributed by atoms with Gasteiger partial charge in [0.15, 0.2) is 0 Å². The molecule has 1 spiro atoms. The van der Waals surface area contributed by atoms with E-state index in [4.69, 9.17) is 0 Å². The lowest BCUT2D eigenvalue weighted by Gasteiger charge is -2.39. The van der Waals surface area contributed by atoms with Gasteiger partial charge in [0, 0.05) is 26.1 Å². The maximum absolute atomic E-state index is 12.5. The number of piperidine rings is 1. The highest BCUT2D eigenvalue weighted by Gasteiger charge is 2.37. The van der Waals surface area contributed by atoms with Gasteiger partial charge >= 0.3 is 0 Å². The summed E-state index contributed by atoms with van der Waals surface area (Å²) in [6.45, 7) is 8.63. The SMILES string of the molecule is CC(C)c1ccc(CCC(=O)N2CCC3(CCNC3)CC2)cc1.Cl. The number of halogens is 1. The molecule has 0 radical (unpaired) electrons. The van der Waals surface area contributed by atoms with Crippen LogP contribution in [-0.4, -0.2) is 37.0 Å². The molecule has 1 N–H and O–H groups in total. The van der Waals surface area contributed by atoms with Crippen molar-refractivity contribution in [1.29, 1.82) is 0 Å². The highest BCUT2D eigenvalue weighted by atomic mass is 35.5. The van der Waals surface area contributed by atoms with E-state index in [9.17, 15) is 4.79 Å². The summed E-state index contributed by atoms with van der Waals surface area (Å²) in [5.41, 5.74) is 3.13. The smallest absolute Gasteiger partial charge is 0.222 e. The van der Waals surface area contributed by atoms with Gasteiger partial charge in [-0.15, -0.1) is 12.4 Å². The lowest BCUT2D eigenvalue weighted by atomic mass is 9.78. The summed E-state index contributed by atoms with van der Waals surface area (Å²) in [5, 5.41) is 3.48. The molecule has 0 atom stereocenters. The van der Waals surface area contributed by atoms with Crippen LogP contribution in [-0.2, 0) is 11.2 Å². The molecular weight excluding hydrogens is 320 g/mol. The van der Waals surface area contributed by atoms with Crippen molar-refractivity contribution in [2.24, 2.45) is 5.41 Å². The topological polar surface area (TPSA) is 32.3 Å². The van der Waals surface area contributed by atoms with Crippen LogP contribution in [0.4, 0.5) is 0 Å². The Balaban J connectivity index is 0.00000208. The first-order chi connectivity index (χ1) is 11.1. The Morgan fingerprint density at radius 2 is 1.83 bits per heavy atom. The van der Waals surface area contributed by atoms with Gasteiger partial charge in [-0.1, -0.05) is 38.1 Å². The van der Waals surface area contributed by atoms with Gasteiger partial charge in [0.2, 0.25) is 5.91 Å². The van der Waals surface area contributed by atoms with E-state index in [-0.39, 0.29) is 12.4 Å². The zero-order valence-corrected chi connectivity index (χ0v) is 15.8. The van der Waals surface area contributed by atoms with Crippen LogP contribution in [0.15, 0.2) is 24.3 Å². The maximum atomic E-state index is 12.5. The number of amides is 1. The van der Waals surface area contributed by atoms with Crippen LogP contribution < -0.4 is 5.32 Å². The number of aryl methyl sites for hydroxylation is 1. The van der Waals surface area contributed by atoms with Gasteiger partial charge in [0.05, 0.1) is 0 Å². The molecule has 4 heteroatoms. The van der Waals surface area contributed by atoms with E-state index in [1.807, 2.05) is 0 Å². The van der Waals surface area contributed by atoms with E-state index in [0.717, 1.165) is 32.6 Å². The van der Waals surface area contributed by atoms with Gasteiger partial charge < -0.3 is 10.2 Å². The summed E-state index contributed by atoms with van der Waals surface area (Å²) in [6.07, 6.45) is 5.15. The van der Waals surface area contributed by atoms with Crippen molar-refractivity contribution >= 4 is 18.3 Å². The van der Waals surface area contributed by atoms with Gasteiger partial charge in [0.1, 0.15) is 0 Å². The summed E-state index contributed by atoms with van der Waals surface area (Å²) in [7, 11) is 0. The number of carbonyl (C=O) groups is 1. The van der Waals surface area contributed by atoms with Crippen LogP contribution in [0.2, 0.25) is 0 Å². The third-order valence-corrected chi connectivity index (χ3v) is 5.78. The number of benzene rings is 1. The minimum Gasteiger partial charge on any atom is -0.343 e. The fourth-order valence-corrected chi connectivity index (χ4v) is 3.93. The van der Waals surface area contributed by atoms with E-state index < -0.39 is 0 Å². The number of rotatable bonds is 4. The Morgan fingerprint density at radius 1 is 1.17 bits per heavy atom. The second-order valence-corrected chi connectivity index (χ2v) is 7.70. The Morgan fingerprint density at radius 3 is 2.38 bits per heavy atom. The summed E-state index contributed by atoms with van der Waals surface area (Å²) in [6, 6.07) is 8.75. The molecule has 2 aliphatic rings. The summed E-state index contributed by atoms with van der Waals surface area (Å²) >= 11 is 0. The molecule has 1 aromatic carbocycles. The minimum atomic E-state index is 0. The summed E-state index contributed by atoms with van der Waals surface area (Å²) in [4.78, 5) is 14.5. The van der Waals surface area contributed by atoms with Crippen molar-refractivity contribution in [3.05, 3.63) is 35.4 Å². The highest BCUT2D eigenvalue weighted by molar-refractivity contribution is 5.85. The normalized spacial score (nSPS) is 19.5. The standard InChI is InChI=1S/C20H30N2O.ClH/c1-16(2)18-6-3-17(4-7-18)5-8-19(23)22-13-10-20(11-14-22)9-12-21-15-20;/h3-4,6-7,16,21H,5,8-15H2,1-2H3;1H. The fraction of sp³-hybridized carbons (Fsp3) is 0.650. The van der Waals surface area contributed by atoms with Crippen LogP contribution in [0.3, 0.4) is 0 Å². The molecule has 134 valence electrons. The monoisotopic (exact) mass is 350 g/mol. The first-order valence-electron chi connectivity index (χ1n) is 9.15. The van der Waals surface area contributed by atoms with Crippen LogP contribution in [0, 0.1) is 5.41 Å². The first-order valence-corrected chi connectivity index (χ1v) is 9.15. The molecule has 1 amide bonds. The minimum absolute atomic E-state index is 0. The van der Waals surface area contributed by atoms with Crippen molar-refractivity contribution in [2.45, 2.75) is 51.9 Å². The third-order valence-electron chi connectivity index (χ3n) is 5.78. The van der Waals surface area contributed by atoms with Crippen molar-refractivity contribution in [3.63, 3.8) is 0 Å². The second-order valence-electron chi connectivity index (χ2n) is 7.70. The largest absolute Gasteiger partial charge is 0.343 e. The van der Waals surface area contributed by atoms with Gasteiger partial charge in [-0.25, -0.2) is 0 Å². The molecule has 2 aliphatic heterocycles. The third kappa shape index (κ3) is 4.52. The van der Waals surface area contributed by atoms with E-state index in [2.05, 4.69) is 48.3 Å². The van der Waals surface area contributed by atoms with Crippen LogP contribution in [0.5, 0.6) is 0 Å². The zero-order valence-electron chi connectivity index (χ0n) is 15.0. The molecule has 2 saturated heterocycles. The van der Waals surface area contributed by atoms with Crippen molar-refractivity contribution in [2.75, 3.05) is 26.2 Å². The molecule has 2 fully saturated rings. The number of carbonyl (C=O) groups excluding carboxylic acids is 1. The van der Waals surface area contributed by atoms with Crippen molar-refractivity contribution < 1.29 is 4.79 Å². The molecule has 0 aromatic heterocycles. The number of nitrogens with one attached hydrogen (secondary N) is 1. The molecular formula is C20H31ClN2O. The average Bonchev–Trinajstić information content (AvgIpc) is 3.02. The Labute approximate surface area is 152 Å². The van der Waals surface area contributed by atoms with Crippen LogP contribution in [0.25, 0.3) is 0 Å². The lowest BCUT2D eigenvalue weighted by molar-refractivity contribution is -0.133. The second kappa shape index (κ2) is 8.35. The van der Waals surface area contributed by atoms with Gasteiger partial charge in [-0.3, -0.25) is 4.79 Å². The van der Waals surface area contributed by atoms with Crippen molar-refractivity contribution in [1.82, 2.24) is 10.2 Å². The molecule has 3 nitrogen and oxygen atoms in total. The first kappa shape index (κ1) is 19.3. The molecule has 0 bridgehead atoms. The fourth-order valence-electron chi connectivity index (χ4n) is 3.93. The number of nitrogens with zero attached hydrogens (tertiary/aromatic N) is 1. The lowest BCUT2D eigenvalue weighted by Crippen LogP contribution is -2.44. The molecule has 1 aromatic rings. The predicted octanol–water partition coefficient (Wildman–Crippen LogP) is 3.77. The Bertz CT molecular complexity index is 525. The Hall–Kier alpha value is -1.06. The predicted molar refractivity (Wildman–Crippen MR) is 102 cm³/mol. The quantitative estimate of drug-likeness (QED) is 0.896. The summed E-state index contributed by atoms with van der Waals surface area (Å²) < 4.78 is 0. The van der Waals surface area contributed by atoms with Crippen molar-refractivity contribution in [3.8, 4) is 0 Å². The van der Waals surface area contributed by atoms with E-state index in [1.165, 1.54) is 30.4 Å². The van der Waals surface area contributed by atoms with Gasteiger partial charge in [-0.2, -0.15) is 0 Å². The molecule has 24 heavy (non-hydrogen) atoms. The zero-order chi connectivity index (χ0) is 16.3. The average molecular weight is 351 g/mol. The highest BCUT2D eigenvalue weighted by Crippen LogP contribution is 2.37. The number of hydrogen-bond donors (Lipinski definition) is 1. The van der Waals surface area contributed by atoms with Gasteiger partial charge in [-0.05, 0) is 54.7 Å². The van der Waals surface area contributed by atoms with E-state index in [1.54, 1.807) is 0 Å². The molecule has 2 heterocycles. The number of likely N-dealkylation sites (tertiary alicyclic amines) is 1.